The fourth-order valence-corrected chi connectivity index (χ4v) is 5.06. The number of amides is 2. The van der Waals surface area contributed by atoms with Gasteiger partial charge in [-0.1, -0.05) is 54.6 Å². The van der Waals surface area contributed by atoms with Crippen molar-refractivity contribution in [2.45, 2.75) is 50.1 Å². The summed E-state index contributed by atoms with van der Waals surface area (Å²) >= 11 is 0. The number of hydrogen-bond acceptors (Lipinski definition) is 4. The molecule has 7 nitrogen and oxygen atoms in total. The molecule has 2 unspecified atom stereocenters. The quantitative estimate of drug-likeness (QED) is 0.598. The summed E-state index contributed by atoms with van der Waals surface area (Å²) in [5, 5.41) is 12.4. The Balaban J connectivity index is 1.45. The molecule has 2 atom stereocenters. The maximum absolute atomic E-state index is 13.3. The Kier molecular flexibility index (Phi) is 6.72. The molecule has 2 aromatic rings. The second kappa shape index (κ2) is 9.71. The van der Waals surface area contributed by atoms with Gasteiger partial charge >= 0.3 is 12.1 Å². The number of benzene rings is 2. The highest BCUT2D eigenvalue weighted by molar-refractivity contribution is 5.91. The molecule has 2 aliphatic rings. The first-order valence-electron chi connectivity index (χ1n) is 11.6. The molecule has 1 aliphatic heterocycles. The maximum atomic E-state index is 13.3. The molecule has 4 rings (SSSR count). The van der Waals surface area contributed by atoms with Gasteiger partial charge in [0, 0.05) is 12.5 Å². The average molecular weight is 463 g/mol. The summed E-state index contributed by atoms with van der Waals surface area (Å²) in [4.78, 5) is 39.3. The Morgan fingerprint density at radius 3 is 2.35 bits per heavy atom. The fraction of sp³-hybridized carbons (Fsp3) is 0.370. The number of piperidine rings is 1. The summed E-state index contributed by atoms with van der Waals surface area (Å²) in [6.07, 6.45) is 2.83. The number of aliphatic carboxylic acids is 1. The van der Waals surface area contributed by atoms with E-state index in [1.165, 1.54) is 11.0 Å². The van der Waals surface area contributed by atoms with Crippen LogP contribution in [0.15, 0.2) is 61.2 Å². The molecule has 0 radical (unpaired) electrons. The number of ether oxygens (including phenoxy) is 1. The molecule has 2 aromatic carbocycles. The zero-order valence-electron chi connectivity index (χ0n) is 19.3. The van der Waals surface area contributed by atoms with Crippen LogP contribution in [-0.2, 0) is 14.3 Å². The van der Waals surface area contributed by atoms with Crippen LogP contribution in [-0.4, -0.2) is 52.7 Å². The zero-order chi connectivity index (χ0) is 24.3. The van der Waals surface area contributed by atoms with Gasteiger partial charge in [-0.05, 0) is 54.9 Å². The van der Waals surface area contributed by atoms with Crippen molar-refractivity contribution in [3.8, 4) is 11.1 Å². The lowest BCUT2D eigenvalue weighted by atomic mass is 9.87. The Labute approximate surface area is 199 Å². The van der Waals surface area contributed by atoms with Crippen LogP contribution in [0.3, 0.4) is 0 Å². The predicted molar refractivity (Wildman–Crippen MR) is 128 cm³/mol. The van der Waals surface area contributed by atoms with Gasteiger partial charge in [-0.2, -0.15) is 0 Å². The highest BCUT2D eigenvalue weighted by atomic mass is 16.5. The molecule has 1 aliphatic carbocycles. The number of fused-ring (bicyclic) bond motifs is 3. The Morgan fingerprint density at radius 2 is 1.76 bits per heavy atom. The van der Waals surface area contributed by atoms with E-state index in [1.54, 1.807) is 6.92 Å². The molecule has 34 heavy (non-hydrogen) atoms. The molecular weight excluding hydrogens is 432 g/mol. The highest BCUT2D eigenvalue weighted by Crippen LogP contribution is 2.44. The number of nitrogens with one attached hydrogen (secondary N) is 1. The molecule has 1 fully saturated rings. The standard InChI is InChI=1S/C27H30N2O5/c1-3-10-23(24(30)29-16-9-8-15-27(29,2)25(31)32)28-26(33)34-17-22-20-13-6-4-11-18(20)19-12-5-7-14-21(19)22/h3-7,11-14,22-23H,1,8-10,15-17H2,2H3,(H,28,33)(H,31,32). The van der Waals surface area contributed by atoms with Gasteiger partial charge in [0.2, 0.25) is 5.91 Å². The average Bonchev–Trinajstić information content (AvgIpc) is 3.16. The molecule has 0 saturated carbocycles. The first-order valence-corrected chi connectivity index (χ1v) is 11.6. The Hall–Kier alpha value is -3.61. The molecule has 0 aromatic heterocycles. The molecule has 178 valence electrons. The number of nitrogens with zero attached hydrogens (tertiary/aromatic N) is 1. The van der Waals surface area contributed by atoms with Crippen LogP contribution < -0.4 is 5.32 Å². The van der Waals surface area contributed by atoms with Crippen LogP contribution >= 0.6 is 0 Å². The van der Waals surface area contributed by atoms with E-state index >= 15 is 0 Å². The first kappa shape index (κ1) is 23.5. The molecule has 1 saturated heterocycles. The van der Waals surface area contributed by atoms with E-state index < -0.39 is 29.6 Å². The van der Waals surface area contributed by atoms with Gasteiger partial charge < -0.3 is 20.1 Å². The van der Waals surface area contributed by atoms with Gasteiger partial charge in [-0.3, -0.25) is 4.79 Å². The third-order valence-electron chi connectivity index (χ3n) is 6.95. The Morgan fingerprint density at radius 1 is 1.15 bits per heavy atom. The van der Waals surface area contributed by atoms with E-state index in [2.05, 4.69) is 24.0 Å². The molecule has 0 spiro atoms. The zero-order valence-corrected chi connectivity index (χ0v) is 19.3. The maximum Gasteiger partial charge on any atom is 0.407 e. The van der Waals surface area contributed by atoms with Crippen molar-refractivity contribution in [1.29, 1.82) is 0 Å². The minimum atomic E-state index is -1.29. The van der Waals surface area contributed by atoms with E-state index in [0.29, 0.717) is 13.0 Å². The number of carboxylic acid groups (broad SMARTS) is 1. The lowest BCUT2D eigenvalue weighted by molar-refractivity contribution is -0.161. The van der Waals surface area contributed by atoms with Crippen molar-refractivity contribution in [2.24, 2.45) is 0 Å². The van der Waals surface area contributed by atoms with Gasteiger partial charge in [0.25, 0.3) is 0 Å². The monoisotopic (exact) mass is 462 g/mol. The third kappa shape index (κ3) is 4.30. The third-order valence-corrected chi connectivity index (χ3v) is 6.95. The van der Waals surface area contributed by atoms with Gasteiger partial charge in [0.1, 0.15) is 18.2 Å². The van der Waals surface area contributed by atoms with Crippen molar-refractivity contribution in [3.63, 3.8) is 0 Å². The first-order chi connectivity index (χ1) is 16.4. The number of carbonyl (C=O) groups is 3. The van der Waals surface area contributed by atoms with Gasteiger partial charge in [-0.15, -0.1) is 6.58 Å². The summed E-state index contributed by atoms with van der Waals surface area (Å²) in [6, 6.07) is 15.2. The Bertz CT molecular complexity index is 1070. The molecule has 2 amide bonds. The fourth-order valence-electron chi connectivity index (χ4n) is 5.06. The van der Waals surface area contributed by atoms with Gasteiger partial charge in [0.15, 0.2) is 0 Å². The summed E-state index contributed by atoms with van der Waals surface area (Å²) in [5.74, 6) is -1.57. The van der Waals surface area contributed by atoms with Crippen molar-refractivity contribution in [1.82, 2.24) is 10.2 Å². The SMILES string of the molecule is C=CCC(NC(=O)OCC1c2ccccc2-c2ccccc21)C(=O)N1CCCCC1(C)C(=O)O. The van der Waals surface area contributed by atoms with Crippen molar-refractivity contribution >= 4 is 18.0 Å². The molecule has 2 N–H and O–H groups in total. The van der Waals surface area contributed by atoms with E-state index in [-0.39, 0.29) is 18.9 Å². The number of hydrogen-bond donors (Lipinski definition) is 2. The minimum Gasteiger partial charge on any atom is -0.480 e. The second-order valence-corrected chi connectivity index (χ2v) is 9.07. The summed E-state index contributed by atoms with van der Waals surface area (Å²) < 4.78 is 5.58. The molecule has 1 heterocycles. The van der Waals surface area contributed by atoms with E-state index in [9.17, 15) is 19.5 Å². The van der Waals surface area contributed by atoms with Crippen LogP contribution in [0, 0.1) is 0 Å². The summed E-state index contributed by atoms with van der Waals surface area (Å²) in [6.45, 7) is 5.71. The van der Waals surface area contributed by atoms with E-state index in [1.807, 2.05) is 36.4 Å². The second-order valence-electron chi connectivity index (χ2n) is 9.07. The van der Waals surface area contributed by atoms with Crippen LogP contribution in [0.25, 0.3) is 11.1 Å². The highest BCUT2D eigenvalue weighted by Gasteiger charge is 2.45. The number of alkyl carbamates (subject to hydrolysis) is 1. The van der Waals surface area contributed by atoms with Gasteiger partial charge in [0.05, 0.1) is 0 Å². The van der Waals surface area contributed by atoms with E-state index in [4.69, 9.17) is 4.74 Å². The summed E-state index contributed by atoms with van der Waals surface area (Å²) in [7, 11) is 0. The minimum absolute atomic E-state index is 0.0934. The number of likely N-dealkylation sites (tertiary alicyclic amines) is 1. The number of carboxylic acids is 1. The number of rotatable bonds is 7. The van der Waals surface area contributed by atoms with Gasteiger partial charge in [-0.25, -0.2) is 9.59 Å². The smallest absolute Gasteiger partial charge is 0.407 e. The van der Waals surface area contributed by atoms with E-state index in [0.717, 1.165) is 35.1 Å². The van der Waals surface area contributed by atoms with Crippen molar-refractivity contribution < 1.29 is 24.2 Å². The lowest BCUT2D eigenvalue weighted by Crippen LogP contribution is -2.61. The lowest BCUT2D eigenvalue weighted by Gasteiger charge is -2.43. The largest absolute Gasteiger partial charge is 0.480 e. The van der Waals surface area contributed by atoms with Crippen LogP contribution in [0.1, 0.15) is 49.7 Å². The van der Waals surface area contributed by atoms with Crippen molar-refractivity contribution in [2.75, 3.05) is 13.2 Å². The molecule has 0 bridgehead atoms. The van der Waals surface area contributed by atoms with Crippen LogP contribution in [0.5, 0.6) is 0 Å². The summed E-state index contributed by atoms with van der Waals surface area (Å²) in [5.41, 5.74) is 3.16. The molecular formula is C27H30N2O5. The van der Waals surface area contributed by atoms with Crippen LogP contribution in [0.4, 0.5) is 4.79 Å². The number of carbonyl (C=O) groups excluding carboxylic acids is 2. The predicted octanol–water partition coefficient (Wildman–Crippen LogP) is 4.33. The van der Waals surface area contributed by atoms with Crippen LogP contribution in [0.2, 0.25) is 0 Å². The normalized spacial score (nSPS) is 20.1. The van der Waals surface area contributed by atoms with Crippen molar-refractivity contribution in [3.05, 3.63) is 72.3 Å². The molecule has 7 heteroatoms. The topological polar surface area (TPSA) is 95.9 Å².